The number of thioether (sulfide) groups is 1. The first-order valence-corrected chi connectivity index (χ1v) is 13.8. The fourth-order valence-electron chi connectivity index (χ4n) is 4.39. The lowest BCUT2D eigenvalue weighted by atomic mass is 9.82. The van der Waals surface area contributed by atoms with Crippen molar-refractivity contribution < 1.29 is 19.0 Å². The average molecular weight is 518 g/mol. The minimum Gasteiger partial charge on any atom is -0.479 e. The van der Waals surface area contributed by atoms with E-state index in [1.165, 1.54) is 17.8 Å². The van der Waals surface area contributed by atoms with Crippen LogP contribution in [0.25, 0.3) is 11.1 Å². The van der Waals surface area contributed by atoms with Crippen LogP contribution in [0.15, 0.2) is 23.5 Å². The molecule has 8 heteroatoms. The lowest BCUT2D eigenvalue weighted by Gasteiger charge is -2.40. The Morgan fingerprint density at radius 2 is 1.92 bits per heavy atom. The molecule has 0 bridgehead atoms. The summed E-state index contributed by atoms with van der Waals surface area (Å²) in [6, 6.07) is 1.50. The second kappa shape index (κ2) is 11.5. The Morgan fingerprint density at radius 3 is 2.47 bits per heavy atom. The van der Waals surface area contributed by atoms with E-state index in [0.717, 1.165) is 50.2 Å². The molecule has 1 N–H and O–H groups in total. The molecule has 1 aliphatic heterocycles. The molecule has 3 heterocycles. The van der Waals surface area contributed by atoms with Gasteiger partial charge in [-0.2, -0.15) is 0 Å². The third-order valence-electron chi connectivity index (χ3n) is 6.53. The molecule has 0 saturated carbocycles. The number of ether oxygens (including phenoxy) is 1. The fraction of sp³-hybridized carbons (Fsp3) is 0.607. The highest BCUT2D eigenvalue weighted by Gasteiger charge is 2.35. The summed E-state index contributed by atoms with van der Waals surface area (Å²) < 4.78 is 21.2. The minimum atomic E-state index is -1.20. The number of aromatic nitrogens is 2. The molecule has 0 radical (unpaired) electrons. The number of carboxylic acids is 1. The van der Waals surface area contributed by atoms with Crippen molar-refractivity contribution in [2.24, 2.45) is 5.41 Å². The van der Waals surface area contributed by atoms with Crippen molar-refractivity contribution in [2.75, 3.05) is 23.7 Å². The highest BCUT2D eigenvalue weighted by molar-refractivity contribution is 7.99. The standard InChI is InChI=1S/C28H40FN3O3S/c1-8-9-14-36-25-21(29)15-19(16-31-25)20-17-30-18(2)22(24(26(33)34)35-27(3,4)5)23(20)32-12-10-28(6,7)11-13-32/h15-17,24H,8-14H2,1-7H3,(H,33,34)/t24-/m0/s1. The van der Waals surface area contributed by atoms with Gasteiger partial charge in [0.1, 0.15) is 5.03 Å². The predicted octanol–water partition coefficient (Wildman–Crippen LogP) is 7.05. The molecule has 0 spiro atoms. The summed E-state index contributed by atoms with van der Waals surface area (Å²) in [6.45, 7) is 15.5. The molecule has 0 aliphatic carbocycles. The van der Waals surface area contributed by atoms with Crippen LogP contribution in [0.3, 0.4) is 0 Å². The number of aryl methyl sites for hydroxylation is 1. The summed E-state index contributed by atoms with van der Waals surface area (Å²) in [7, 11) is 0. The molecule has 2 aromatic heterocycles. The third kappa shape index (κ3) is 6.97. The molecule has 0 aromatic carbocycles. The predicted molar refractivity (Wildman–Crippen MR) is 144 cm³/mol. The van der Waals surface area contributed by atoms with E-state index in [4.69, 9.17) is 4.74 Å². The van der Waals surface area contributed by atoms with E-state index in [1.807, 2.05) is 27.7 Å². The summed E-state index contributed by atoms with van der Waals surface area (Å²) in [4.78, 5) is 23.7. The Bertz CT molecular complexity index is 1070. The largest absolute Gasteiger partial charge is 0.479 e. The maximum atomic E-state index is 15.1. The Hall–Kier alpha value is -2.19. The van der Waals surface area contributed by atoms with Gasteiger partial charge in [-0.15, -0.1) is 11.8 Å². The van der Waals surface area contributed by atoms with Gasteiger partial charge in [-0.05, 0) is 64.2 Å². The normalized spacial score (nSPS) is 16.7. The number of halogens is 1. The number of aliphatic carboxylic acids is 1. The van der Waals surface area contributed by atoms with E-state index in [2.05, 4.69) is 35.6 Å². The molecule has 1 aliphatic rings. The summed E-state index contributed by atoms with van der Waals surface area (Å²) >= 11 is 1.42. The number of carbonyl (C=O) groups is 1. The molecule has 2 aromatic rings. The molecule has 6 nitrogen and oxygen atoms in total. The van der Waals surface area contributed by atoms with Gasteiger partial charge in [-0.3, -0.25) is 4.98 Å². The van der Waals surface area contributed by atoms with Gasteiger partial charge in [0.05, 0.1) is 11.3 Å². The van der Waals surface area contributed by atoms with Gasteiger partial charge < -0.3 is 14.7 Å². The van der Waals surface area contributed by atoms with Crippen LogP contribution >= 0.6 is 11.8 Å². The molecule has 36 heavy (non-hydrogen) atoms. The fourth-order valence-corrected chi connectivity index (χ4v) is 5.34. The Labute approximate surface area is 219 Å². The van der Waals surface area contributed by atoms with E-state index in [-0.39, 0.29) is 11.2 Å². The highest BCUT2D eigenvalue weighted by atomic mass is 32.2. The first-order valence-electron chi connectivity index (χ1n) is 12.8. The van der Waals surface area contributed by atoms with Gasteiger partial charge in [0.15, 0.2) is 11.9 Å². The Balaban J connectivity index is 2.16. The van der Waals surface area contributed by atoms with E-state index < -0.39 is 17.7 Å². The number of unbranched alkanes of at least 4 members (excludes halogenated alkanes) is 1. The van der Waals surface area contributed by atoms with Gasteiger partial charge >= 0.3 is 5.97 Å². The second-order valence-electron chi connectivity index (χ2n) is 11.3. The zero-order valence-electron chi connectivity index (χ0n) is 22.7. The van der Waals surface area contributed by atoms with E-state index in [0.29, 0.717) is 27.4 Å². The average Bonchev–Trinajstić information content (AvgIpc) is 2.78. The number of nitrogens with zero attached hydrogens (tertiary/aromatic N) is 3. The minimum absolute atomic E-state index is 0.206. The van der Waals surface area contributed by atoms with Crippen molar-refractivity contribution in [2.45, 2.75) is 90.9 Å². The molecule has 1 saturated heterocycles. The number of rotatable bonds is 9. The van der Waals surface area contributed by atoms with Crippen LogP contribution in [0.1, 0.15) is 84.6 Å². The number of pyridine rings is 2. The highest BCUT2D eigenvalue weighted by Crippen LogP contribution is 2.43. The van der Waals surface area contributed by atoms with Crippen LogP contribution in [0.5, 0.6) is 0 Å². The number of anilines is 1. The molecule has 1 fully saturated rings. The topological polar surface area (TPSA) is 75.5 Å². The lowest BCUT2D eigenvalue weighted by Crippen LogP contribution is -2.39. The quantitative estimate of drug-likeness (QED) is 0.282. The Morgan fingerprint density at radius 1 is 1.25 bits per heavy atom. The van der Waals surface area contributed by atoms with Crippen molar-refractivity contribution >= 4 is 23.4 Å². The lowest BCUT2D eigenvalue weighted by molar-refractivity contribution is -0.160. The number of carboxylic acid groups (broad SMARTS) is 1. The van der Waals surface area contributed by atoms with Crippen molar-refractivity contribution in [3.8, 4) is 11.1 Å². The van der Waals surface area contributed by atoms with E-state index >= 15 is 4.39 Å². The van der Waals surface area contributed by atoms with Gasteiger partial charge in [-0.1, -0.05) is 27.2 Å². The smallest absolute Gasteiger partial charge is 0.337 e. The van der Waals surface area contributed by atoms with Crippen LogP contribution < -0.4 is 4.90 Å². The summed E-state index contributed by atoms with van der Waals surface area (Å²) in [6.07, 6.45) is 6.15. The first kappa shape index (κ1) is 28.4. The Kier molecular flexibility index (Phi) is 9.04. The zero-order chi connectivity index (χ0) is 26.7. The monoisotopic (exact) mass is 517 g/mol. The summed E-state index contributed by atoms with van der Waals surface area (Å²) in [5.74, 6) is -0.630. The van der Waals surface area contributed by atoms with Crippen LogP contribution in [-0.4, -0.2) is 45.5 Å². The van der Waals surface area contributed by atoms with Crippen LogP contribution in [0, 0.1) is 18.2 Å². The van der Waals surface area contributed by atoms with Crippen molar-refractivity contribution in [3.63, 3.8) is 0 Å². The molecule has 198 valence electrons. The first-order chi connectivity index (χ1) is 16.8. The van der Waals surface area contributed by atoms with E-state index in [9.17, 15) is 9.90 Å². The van der Waals surface area contributed by atoms with Crippen molar-refractivity contribution in [1.82, 2.24) is 9.97 Å². The number of hydrogen-bond acceptors (Lipinski definition) is 6. The molecule has 0 unspecified atom stereocenters. The molecular formula is C28H40FN3O3S. The van der Waals surface area contributed by atoms with Crippen LogP contribution in [0.4, 0.5) is 10.1 Å². The van der Waals surface area contributed by atoms with Crippen LogP contribution in [-0.2, 0) is 9.53 Å². The molecular weight excluding hydrogens is 477 g/mol. The summed E-state index contributed by atoms with van der Waals surface area (Å²) in [5, 5.41) is 10.6. The van der Waals surface area contributed by atoms with Crippen LogP contribution in [0.2, 0.25) is 0 Å². The summed E-state index contributed by atoms with van der Waals surface area (Å²) in [5.41, 5.74) is 2.65. The molecule has 0 amide bonds. The van der Waals surface area contributed by atoms with Gasteiger partial charge in [0.25, 0.3) is 0 Å². The van der Waals surface area contributed by atoms with Crippen molar-refractivity contribution in [3.05, 3.63) is 35.5 Å². The number of hydrogen-bond donors (Lipinski definition) is 1. The van der Waals surface area contributed by atoms with Gasteiger partial charge in [0.2, 0.25) is 0 Å². The molecule has 3 rings (SSSR count). The van der Waals surface area contributed by atoms with Gasteiger partial charge in [0, 0.05) is 47.9 Å². The molecule has 1 atom stereocenters. The maximum absolute atomic E-state index is 15.1. The van der Waals surface area contributed by atoms with E-state index in [1.54, 1.807) is 12.4 Å². The SMILES string of the molecule is CCCCSc1ncc(-c2cnc(C)c([C@H](OC(C)(C)C)C(=O)O)c2N2CCC(C)(C)CC2)cc1F. The van der Waals surface area contributed by atoms with Crippen molar-refractivity contribution in [1.29, 1.82) is 0 Å². The second-order valence-corrected chi connectivity index (χ2v) is 12.4. The zero-order valence-corrected chi connectivity index (χ0v) is 23.5. The number of piperidine rings is 1. The third-order valence-corrected chi connectivity index (χ3v) is 7.60. The van der Waals surface area contributed by atoms with Gasteiger partial charge in [-0.25, -0.2) is 14.2 Å². The maximum Gasteiger partial charge on any atom is 0.337 e.